The number of aromatic carboxylic acids is 1. The van der Waals surface area contributed by atoms with Gasteiger partial charge in [0.25, 0.3) is 0 Å². The smallest absolute Gasteiger partial charge is 0.336 e. The van der Waals surface area contributed by atoms with E-state index in [1.807, 2.05) is 31.5 Å². The Hall–Kier alpha value is -2.70. The second-order valence-electron chi connectivity index (χ2n) is 5.11. The van der Waals surface area contributed by atoms with Gasteiger partial charge in [-0.15, -0.1) is 0 Å². The first-order chi connectivity index (χ1) is 9.86. The van der Waals surface area contributed by atoms with Crippen LogP contribution in [0.15, 0.2) is 28.7 Å². The predicted molar refractivity (Wildman–Crippen MR) is 80.5 cm³/mol. The molecule has 0 aliphatic carbocycles. The topological polar surface area (TPSA) is 115 Å². The molecule has 0 aliphatic rings. The lowest BCUT2D eigenvalue weighted by molar-refractivity contribution is 0.0699. The fraction of sp³-hybridized carbons (Fsp3) is 0.286. The maximum absolute atomic E-state index is 11.5. The molecule has 0 aliphatic heterocycles. The third kappa shape index (κ3) is 2.49. The average molecular weight is 286 g/mol. The van der Waals surface area contributed by atoms with E-state index in [2.05, 4.69) is 10.3 Å². The minimum Gasteiger partial charge on any atom is -0.478 e. The molecular weight excluding hydrogens is 270 g/mol. The molecule has 0 bridgehead atoms. The zero-order chi connectivity index (χ0) is 15.7. The van der Waals surface area contributed by atoms with Gasteiger partial charge in [0.05, 0.1) is 11.1 Å². The largest absolute Gasteiger partial charge is 0.478 e. The van der Waals surface area contributed by atoms with Crippen LogP contribution in [0.1, 0.15) is 41.4 Å². The molecule has 7 nitrogen and oxygen atoms in total. The molecule has 3 N–H and O–H groups in total. The molecule has 7 heteroatoms. The Morgan fingerprint density at radius 1 is 1.43 bits per heavy atom. The molecule has 0 spiro atoms. The molecule has 0 unspecified atom stereocenters. The number of aryl methyl sites for hydroxylation is 1. The van der Waals surface area contributed by atoms with Gasteiger partial charge >= 0.3 is 5.97 Å². The van der Waals surface area contributed by atoms with Crippen LogP contribution in [-0.4, -0.2) is 21.5 Å². The quantitative estimate of drug-likeness (QED) is 0.389. The second kappa shape index (κ2) is 5.35. The van der Waals surface area contributed by atoms with Gasteiger partial charge in [0.1, 0.15) is 0 Å². The minimum atomic E-state index is -1.04. The van der Waals surface area contributed by atoms with Crippen LogP contribution >= 0.6 is 0 Å². The zero-order valence-corrected chi connectivity index (χ0v) is 12.0. The van der Waals surface area contributed by atoms with Gasteiger partial charge < -0.3 is 26.0 Å². The van der Waals surface area contributed by atoms with Crippen LogP contribution in [0, 0.1) is 6.92 Å². The lowest BCUT2D eigenvalue weighted by Crippen LogP contribution is -2.14. The number of carboxylic acids is 1. The maximum atomic E-state index is 11.5. The van der Waals surface area contributed by atoms with Gasteiger partial charge in [0.15, 0.2) is 0 Å². The van der Waals surface area contributed by atoms with E-state index in [1.54, 1.807) is 6.07 Å². The molecule has 2 aromatic rings. The summed E-state index contributed by atoms with van der Waals surface area (Å²) in [5, 5.41) is 16.1. The maximum Gasteiger partial charge on any atom is 0.336 e. The van der Waals surface area contributed by atoms with Gasteiger partial charge in [0.2, 0.25) is 0 Å². The van der Waals surface area contributed by atoms with Gasteiger partial charge in [-0.25, -0.2) is 4.79 Å². The van der Waals surface area contributed by atoms with Crippen LogP contribution in [0.3, 0.4) is 0 Å². The van der Waals surface area contributed by atoms with Crippen molar-refractivity contribution < 1.29 is 9.90 Å². The third-order valence-corrected chi connectivity index (χ3v) is 3.36. The van der Waals surface area contributed by atoms with Gasteiger partial charge in [-0.1, -0.05) is 0 Å². The van der Waals surface area contributed by atoms with E-state index in [0.717, 1.165) is 11.1 Å². The highest BCUT2D eigenvalue weighted by Gasteiger charge is 2.17. The summed E-state index contributed by atoms with van der Waals surface area (Å²) in [5.74, 6) is -1.09. The fourth-order valence-corrected chi connectivity index (χ4v) is 2.44. The van der Waals surface area contributed by atoms with Crippen molar-refractivity contribution in [1.82, 2.24) is 4.57 Å². The number of nitrogens with two attached hydrogens (primary N) is 1. The van der Waals surface area contributed by atoms with Crippen molar-refractivity contribution in [3.63, 3.8) is 0 Å². The number of carbonyl (C=O) groups is 1. The number of nitrogens with zero attached hydrogens (tertiary/aromatic N) is 4. The van der Waals surface area contributed by atoms with E-state index < -0.39 is 5.97 Å². The summed E-state index contributed by atoms with van der Waals surface area (Å²) in [6, 6.07) is 3.35. The summed E-state index contributed by atoms with van der Waals surface area (Å²) >= 11 is 0. The van der Waals surface area contributed by atoms with Crippen LogP contribution in [0.5, 0.6) is 0 Å². The Balaban J connectivity index is 2.88. The van der Waals surface area contributed by atoms with Crippen LogP contribution in [0.2, 0.25) is 0 Å². The minimum absolute atomic E-state index is 0.0453. The van der Waals surface area contributed by atoms with E-state index >= 15 is 0 Å². The first-order valence-electron chi connectivity index (χ1n) is 6.43. The van der Waals surface area contributed by atoms with Crippen molar-refractivity contribution in [2.24, 2.45) is 16.1 Å². The number of aromatic nitrogens is 1. The predicted octanol–water partition coefficient (Wildman–Crippen LogP) is 2.87. The van der Waals surface area contributed by atoms with E-state index in [0.29, 0.717) is 10.9 Å². The van der Waals surface area contributed by atoms with Gasteiger partial charge in [-0.3, -0.25) is 5.22 Å². The number of fused-ring (bicyclic) bond motifs is 1. The molecule has 1 aromatic carbocycles. The van der Waals surface area contributed by atoms with E-state index in [9.17, 15) is 9.90 Å². The molecule has 21 heavy (non-hydrogen) atoms. The Bertz CT molecular complexity index is 758. The molecule has 110 valence electrons. The van der Waals surface area contributed by atoms with Crippen LogP contribution in [0.4, 0.5) is 0 Å². The zero-order valence-electron chi connectivity index (χ0n) is 12.0. The van der Waals surface area contributed by atoms with E-state index in [-0.39, 0.29) is 17.4 Å². The van der Waals surface area contributed by atoms with E-state index in [4.69, 9.17) is 11.3 Å². The normalized spacial score (nSPS) is 12.1. The van der Waals surface area contributed by atoms with Crippen molar-refractivity contribution in [3.05, 3.63) is 40.6 Å². The Morgan fingerprint density at radius 3 is 2.62 bits per heavy atom. The van der Waals surface area contributed by atoms with Gasteiger partial charge in [0, 0.05) is 23.5 Å². The monoisotopic (exact) mass is 286 g/mol. The lowest BCUT2D eigenvalue weighted by Gasteiger charge is -2.12. The van der Waals surface area contributed by atoms with Crippen molar-refractivity contribution in [1.29, 1.82) is 0 Å². The molecule has 0 saturated carbocycles. The third-order valence-electron chi connectivity index (χ3n) is 3.36. The molecular formula is C14H16N5O2-. The van der Waals surface area contributed by atoms with Crippen molar-refractivity contribution in [3.8, 4) is 0 Å². The average Bonchev–Trinajstić information content (AvgIpc) is 2.75. The van der Waals surface area contributed by atoms with Crippen molar-refractivity contribution in [2.75, 3.05) is 0 Å². The standard InChI is InChI=1S/C14H16N5O2/c1-7(2)19-6-8(3)12-10(14(20)21)4-9(5-11(12)19)13(15)17-18-16/h4-7H,1-3H3,(H3-,15,16,17,20,21)/q-1. The number of rotatable bonds is 4. The summed E-state index contributed by atoms with van der Waals surface area (Å²) in [4.78, 5) is 11.5. The molecule has 0 amide bonds. The van der Waals surface area contributed by atoms with Crippen molar-refractivity contribution >= 4 is 22.7 Å². The molecule has 0 atom stereocenters. The van der Waals surface area contributed by atoms with Crippen LogP contribution in [0.25, 0.3) is 16.4 Å². The molecule has 1 aromatic heterocycles. The molecule has 1 heterocycles. The Labute approximate surface area is 121 Å². The van der Waals surface area contributed by atoms with Crippen LogP contribution in [-0.2, 0) is 0 Å². The molecule has 2 rings (SSSR count). The first kappa shape index (κ1) is 14.7. The molecule has 0 radical (unpaired) electrons. The summed E-state index contributed by atoms with van der Waals surface area (Å²) < 4.78 is 1.98. The Morgan fingerprint density at radius 2 is 2.10 bits per heavy atom. The number of hydrogen-bond donors (Lipinski definition) is 2. The molecule has 0 fully saturated rings. The highest BCUT2D eigenvalue weighted by atomic mass is 16.4. The summed E-state index contributed by atoms with van der Waals surface area (Å²) in [6.45, 7) is 5.88. The fourth-order valence-electron chi connectivity index (χ4n) is 2.44. The summed E-state index contributed by atoms with van der Waals surface area (Å²) in [6.07, 6.45) is 1.91. The van der Waals surface area contributed by atoms with Gasteiger partial charge in [-0.2, -0.15) is 0 Å². The summed E-state index contributed by atoms with van der Waals surface area (Å²) in [5.41, 5.74) is 16.4. The van der Waals surface area contributed by atoms with Crippen molar-refractivity contribution in [2.45, 2.75) is 26.8 Å². The SMILES string of the molecule is Cc1cn(C(C)C)c2cc(C(N)=NN=[N-])cc(C(=O)O)c12. The van der Waals surface area contributed by atoms with Gasteiger partial charge in [-0.05, 0) is 44.0 Å². The Kier molecular flexibility index (Phi) is 3.75. The highest BCUT2D eigenvalue weighted by Crippen LogP contribution is 2.29. The lowest BCUT2D eigenvalue weighted by atomic mass is 10.0. The second-order valence-corrected chi connectivity index (χ2v) is 5.11. The number of amidine groups is 1. The summed E-state index contributed by atoms with van der Waals surface area (Å²) in [7, 11) is 0. The van der Waals surface area contributed by atoms with Crippen LogP contribution < -0.4 is 5.73 Å². The van der Waals surface area contributed by atoms with E-state index in [1.165, 1.54) is 6.07 Å². The number of hydrogen-bond acceptors (Lipinski definition) is 2. The highest BCUT2D eigenvalue weighted by molar-refractivity contribution is 6.09. The number of carboxylic acid groups (broad SMARTS) is 1. The molecule has 0 saturated heterocycles. The first-order valence-corrected chi connectivity index (χ1v) is 6.43. The number of benzene rings is 1.